The molecule has 11 rings (SSSR count). The second-order valence-electron chi connectivity index (χ2n) is 43.4. The third-order valence-corrected chi connectivity index (χ3v) is 32.7. The van der Waals surface area contributed by atoms with E-state index in [-0.39, 0.29) is 107 Å². The standard InChI is InChI=1S/C18H29NP.2C18H15P.3C13H20N.C7H8.2C6H18OSi2.Nb.P.2Pt/c1-16(2,3)12-10-13(17(4,5)6)15(19-20)14(11-12)18(7,8)9;2*1-4-10-16(11-5-1)19(17-12-6-2-7-13-17)18-14-8-3-9-15-18;3*1-10-6-11(2)8-12(7-10)14-9-13(3,4)5;1-7-5-3-2-4-6-7;2*1-8(2,3)7-9(4,5)6;;;;/h10-11H,1-9H3;2*1-15H;3*6-8H,9H2,1-5H3;2-6H,1H3;2*1-6H3;;;;/q+1;;;3*-1;;;;+2;-3;;+2. The maximum atomic E-state index is 5.90. The Bertz CT molecular complexity index is 4320. The Hall–Kier alpha value is -4.85. The first kappa shape index (κ1) is 126. The molecule has 0 N–H and O–H groups in total. The molecule has 0 unspecified atom stereocenters. The summed E-state index contributed by atoms with van der Waals surface area (Å²) >= 11 is 0. The van der Waals surface area contributed by atoms with Gasteiger partial charge in [0.15, 0.2) is 33.3 Å². The molecule has 705 valence electrons. The van der Waals surface area contributed by atoms with Gasteiger partial charge in [-0.3, -0.25) is 0 Å². The minimum Gasteiger partial charge on any atom is -3.00 e. The van der Waals surface area contributed by atoms with Gasteiger partial charge in [0.1, 0.15) is 0 Å². The molecule has 0 aliphatic rings. The van der Waals surface area contributed by atoms with Gasteiger partial charge < -0.3 is 34.1 Å². The van der Waals surface area contributed by atoms with Gasteiger partial charge in [0, 0.05) is 21.1 Å². The quantitative estimate of drug-likeness (QED) is 0.0715. The largest absolute Gasteiger partial charge is 3.00 e. The molecule has 1 radical (unpaired) electrons. The van der Waals surface area contributed by atoms with Crippen molar-refractivity contribution < 1.29 is 72.7 Å². The van der Waals surface area contributed by atoms with E-state index in [0.29, 0.717) is 0 Å². The van der Waals surface area contributed by atoms with Crippen LogP contribution in [0, 0.1) is 64.7 Å². The van der Waals surface area contributed by atoms with E-state index >= 15 is 0 Å². The van der Waals surface area contributed by atoms with Crippen molar-refractivity contribution in [2.24, 2.45) is 16.2 Å². The summed E-state index contributed by atoms with van der Waals surface area (Å²) in [5, 5.41) is 22.2. The first-order valence-corrected chi connectivity index (χ1v) is 61.5. The predicted octanol–water partition coefficient (Wildman–Crippen LogP) is 35.1. The van der Waals surface area contributed by atoms with Gasteiger partial charge in [0.05, 0.1) is 0 Å². The summed E-state index contributed by atoms with van der Waals surface area (Å²) in [5.41, 5.74) is 18.4. The van der Waals surface area contributed by atoms with Crippen molar-refractivity contribution in [3.8, 4) is 0 Å². The van der Waals surface area contributed by atoms with Gasteiger partial charge in [0.25, 0.3) is 0 Å². The van der Waals surface area contributed by atoms with Crippen molar-refractivity contribution in [2.75, 3.05) is 19.6 Å². The first-order valence-electron chi connectivity index (χ1n) is 44.7. The summed E-state index contributed by atoms with van der Waals surface area (Å²) in [5.74, 6) is 0. The normalized spacial score (nSPS) is 11.3. The monoisotopic (exact) mass is 2310 g/mol. The van der Waals surface area contributed by atoms with E-state index in [4.69, 9.17) is 8.23 Å². The van der Waals surface area contributed by atoms with E-state index in [0.717, 1.165) is 42.4 Å². The van der Waals surface area contributed by atoms with Crippen molar-refractivity contribution in [1.29, 1.82) is 0 Å². The smallest absolute Gasteiger partial charge is 2.00 e. The summed E-state index contributed by atoms with van der Waals surface area (Å²) in [6.45, 7) is 84.4. The minimum absolute atomic E-state index is 0. The average Bonchev–Trinajstić information content (AvgIpc) is 0.762. The van der Waals surface area contributed by atoms with E-state index in [2.05, 4.69) is 542 Å². The average molecular weight is 2320 g/mol. The molecule has 0 spiro atoms. The van der Waals surface area contributed by atoms with Gasteiger partial charge >= 0.3 is 170 Å². The number of hydrogen-bond acceptors (Lipinski definition) is 2. The van der Waals surface area contributed by atoms with Gasteiger partial charge in [-0.05, 0) is 175 Å². The topological polar surface area (TPSA) is 65.1 Å². The fourth-order valence-electron chi connectivity index (χ4n) is 13.2. The van der Waals surface area contributed by atoms with E-state index in [1.807, 2.05) is 18.2 Å². The zero-order valence-corrected chi connectivity index (χ0v) is 100. The summed E-state index contributed by atoms with van der Waals surface area (Å²) in [6.07, 6.45) is 0. The Kier molecular flexibility index (Phi) is 57.9. The van der Waals surface area contributed by atoms with Crippen LogP contribution in [0.4, 0.5) is 22.7 Å². The molecule has 0 bridgehead atoms. The second kappa shape index (κ2) is 59.2. The Labute approximate surface area is 846 Å². The summed E-state index contributed by atoms with van der Waals surface area (Å²) in [6, 6.07) is 98.9. The van der Waals surface area contributed by atoms with E-state index in [1.165, 1.54) is 87.5 Å². The third kappa shape index (κ3) is 57.6. The second-order valence-corrected chi connectivity index (χ2v) is 66.6. The van der Waals surface area contributed by atoms with Crippen molar-refractivity contribution in [2.45, 2.75) is 268 Å². The Morgan fingerprint density at radius 2 is 0.457 bits per heavy atom. The molecule has 0 aliphatic heterocycles. The fourth-order valence-corrected chi connectivity index (χ4v) is 32.7. The number of aryl methyl sites for hydroxylation is 7. The van der Waals surface area contributed by atoms with Gasteiger partial charge in [0.2, 0.25) is 0 Å². The van der Waals surface area contributed by atoms with Gasteiger partial charge in [-0.25, -0.2) is 0 Å². The van der Waals surface area contributed by atoms with Crippen molar-refractivity contribution >= 4 is 122 Å². The molecule has 0 atom stereocenters. The minimum atomic E-state index is -1.23. The zero-order chi connectivity index (χ0) is 94.6. The molecule has 0 amide bonds. The predicted molar refractivity (Wildman–Crippen MR) is 586 cm³/mol. The Balaban J connectivity index is 0. The van der Waals surface area contributed by atoms with Gasteiger partial charge in [-0.2, -0.15) is 0 Å². The van der Waals surface area contributed by atoms with Crippen LogP contribution in [0.15, 0.2) is 279 Å². The van der Waals surface area contributed by atoms with Gasteiger partial charge in [-0.15, -0.1) is 36.7 Å². The van der Waals surface area contributed by atoms with Gasteiger partial charge in [-0.1, -0.05) is 384 Å². The molecule has 0 aromatic heterocycles. The molecule has 11 aromatic carbocycles. The van der Waals surface area contributed by atoms with Crippen LogP contribution in [0.1, 0.15) is 180 Å². The fraction of sp³-hybridized carbons (Fsp3) is 0.411. The number of hydrogen-bond donors (Lipinski definition) is 0. The zero-order valence-electron chi connectivity index (χ0n) is 86.2. The number of benzene rings is 11. The molecular weight excluding hydrogens is 2150 g/mol. The maximum absolute atomic E-state index is 5.90. The Morgan fingerprint density at radius 3 is 0.581 bits per heavy atom. The molecule has 11 aromatic rings. The molecule has 6 nitrogen and oxygen atoms in total. The van der Waals surface area contributed by atoms with Crippen molar-refractivity contribution in [3.63, 3.8) is 0 Å². The third-order valence-electron chi connectivity index (χ3n) is 17.8. The Morgan fingerprint density at radius 1 is 0.279 bits per heavy atom. The molecule has 0 heterocycles. The molecule has 0 saturated heterocycles. The molecule has 0 saturated carbocycles. The molecular formula is C112H163N4NbO2P4Pt2Si4-. The van der Waals surface area contributed by atoms with Crippen LogP contribution in [-0.2, 0) is 89.0 Å². The van der Waals surface area contributed by atoms with Crippen LogP contribution in [0.3, 0.4) is 0 Å². The van der Waals surface area contributed by atoms with Crippen LogP contribution in [0.2, 0.25) is 78.6 Å². The summed E-state index contributed by atoms with van der Waals surface area (Å²) < 4.78 is 16.1. The van der Waals surface area contributed by atoms with E-state index in [1.54, 1.807) is 0 Å². The molecule has 0 aliphatic carbocycles. The van der Waals surface area contributed by atoms with Crippen LogP contribution >= 0.6 is 34.6 Å². The van der Waals surface area contributed by atoms with E-state index < -0.39 is 49.1 Å². The van der Waals surface area contributed by atoms with Crippen LogP contribution in [0.25, 0.3) is 20.5 Å². The SMILES string of the molecule is CC(C)(C)c1cc(C(C)(C)C)c([N+]#P)c(C(C)(C)C)c1.C[Si](C)(C)O[Si](C)(C)C.C[Si](C)(C)O[Si](C)(C)C.Cc1cc(C)cc([N-]CC(C)(C)C)c1.Cc1cc(C)cc([N-]CC(C)(C)C)c1.Cc1cc(C)cc([N-]CC(C)(C)C)c1.Cc1ccccc1.[Nb+2].[P-3].[Pt+2].[Pt].c1ccc(P(c2ccccc2)c2ccccc2)cc1.c1ccc(P(c2ccccc2)c2ccccc2)cc1. The number of rotatable bonds is 16. The van der Waals surface area contributed by atoms with Crippen LogP contribution in [-0.4, -0.2) is 52.9 Å². The van der Waals surface area contributed by atoms with Crippen molar-refractivity contribution in [3.05, 3.63) is 355 Å². The van der Waals surface area contributed by atoms with Crippen molar-refractivity contribution in [1.82, 2.24) is 0 Å². The summed E-state index contributed by atoms with van der Waals surface area (Å²) in [7, 11) is -1.57. The maximum Gasteiger partial charge on any atom is 2.00 e. The molecule has 0 fully saturated rings. The van der Waals surface area contributed by atoms with Crippen LogP contribution in [0.5, 0.6) is 0 Å². The first-order chi connectivity index (χ1) is 57.6. The molecule has 129 heavy (non-hydrogen) atoms. The summed E-state index contributed by atoms with van der Waals surface area (Å²) in [4.78, 5) is 0. The number of nitrogens with zero attached hydrogens (tertiary/aromatic N) is 4. The van der Waals surface area contributed by atoms with Crippen LogP contribution < -0.4 is 31.8 Å². The molecule has 17 heteroatoms. The van der Waals surface area contributed by atoms with E-state index in [9.17, 15) is 0 Å².